The van der Waals surface area contributed by atoms with Gasteiger partial charge in [-0.15, -0.1) is 0 Å². The Kier molecular flexibility index (Phi) is 2.22. The molecule has 1 aromatic rings. The Morgan fingerprint density at radius 3 is 2.67 bits per heavy atom. The molecule has 2 saturated heterocycles. The van der Waals surface area contributed by atoms with Crippen LogP contribution in [0.25, 0.3) is 0 Å². The molecule has 0 spiro atoms. The summed E-state index contributed by atoms with van der Waals surface area (Å²) in [6.45, 7) is 2.19. The molecular weight excluding hydrogens is 191 g/mol. The van der Waals surface area contributed by atoms with E-state index < -0.39 is 0 Å². The van der Waals surface area contributed by atoms with E-state index in [0.717, 1.165) is 19.0 Å². The van der Waals surface area contributed by atoms with Crippen molar-refractivity contribution in [2.45, 2.75) is 18.5 Å². The lowest BCUT2D eigenvalue weighted by Crippen LogP contribution is -2.29. The Balaban J connectivity index is 1.76. The Morgan fingerprint density at radius 2 is 1.93 bits per heavy atom. The summed E-state index contributed by atoms with van der Waals surface area (Å²) in [6.07, 6.45) is 1.17. The van der Waals surface area contributed by atoms with E-state index in [4.69, 9.17) is 0 Å². The predicted octanol–water partition coefficient (Wildman–Crippen LogP) is 1.45. The first kappa shape index (κ1) is 9.31. The zero-order valence-electron chi connectivity index (χ0n) is 8.54. The fourth-order valence-electron chi connectivity index (χ4n) is 2.73. The van der Waals surface area contributed by atoms with Gasteiger partial charge >= 0.3 is 0 Å². The van der Waals surface area contributed by atoms with Gasteiger partial charge in [0.25, 0.3) is 0 Å². The van der Waals surface area contributed by atoms with Crippen LogP contribution in [0.15, 0.2) is 24.3 Å². The molecule has 2 N–H and O–H groups in total. The van der Waals surface area contributed by atoms with Crippen LogP contribution in [-0.2, 0) is 0 Å². The van der Waals surface area contributed by atoms with Gasteiger partial charge in [-0.3, -0.25) is 0 Å². The number of nitrogens with one attached hydrogen (secondary N) is 2. The molecule has 2 aliphatic rings. The molecule has 2 fully saturated rings. The third kappa shape index (κ3) is 1.66. The Hall–Kier alpha value is -0.930. The van der Waals surface area contributed by atoms with Crippen LogP contribution < -0.4 is 10.6 Å². The minimum absolute atomic E-state index is 0.154. The highest BCUT2D eigenvalue weighted by atomic mass is 19.1. The molecule has 0 radical (unpaired) electrons. The zero-order valence-corrected chi connectivity index (χ0v) is 8.54. The molecule has 3 heteroatoms. The van der Waals surface area contributed by atoms with Crippen LogP contribution in [0.1, 0.15) is 18.0 Å². The number of benzene rings is 1. The fourth-order valence-corrected chi connectivity index (χ4v) is 2.73. The van der Waals surface area contributed by atoms with E-state index in [1.165, 1.54) is 12.0 Å². The summed E-state index contributed by atoms with van der Waals surface area (Å²) in [6, 6.07) is 7.90. The largest absolute Gasteiger partial charge is 0.315 e. The van der Waals surface area contributed by atoms with Crippen molar-refractivity contribution >= 4 is 0 Å². The summed E-state index contributed by atoms with van der Waals surface area (Å²) in [5.41, 5.74) is 1.21. The maximum absolute atomic E-state index is 12.8. The number of halogens is 1. The average molecular weight is 206 g/mol. The van der Waals surface area contributed by atoms with Crippen LogP contribution in [-0.4, -0.2) is 19.1 Å². The summed E-state index contributed by atoms with van der Waals surface area (Å²) in [7, 11) is 0. The minimum Gasteiger partial charge on any atom is -0.315 e. The van der Waals surface area contributed by atoms with Gasteiger partial charge in [0.05, 0.1) is 0 Å². The normalized spacial score (nSPS) is 34.3. The van der Waals surface area contributed by atoms with Crippen molar-refractivity contribution in [2.75, 3.05) is 13.1 Å². The highest BCUT2D eigenvalue weighted by Crippen LogP contribution is 2.32. The molecular formula is C12H15FN2. The van der Waals surface area contributed by atoms with E-state index in [0.29, 0.717) is 12.1 Å². The molecule has 3 atom stereocenters. The topological polar surface area (TPSA) is 24.1 Å². The van der Waals surface area contributed by atoms with Crippen LogP contribution in [0.4, 0.5) is 4.39 Å². The highest BCUT2D eigenvalue weighted by Gasteiger charge is 2.37. The second kappa shape index (κ2) is 3.58. The van der Waals surface area contributed by atoms with E-state index in [1.54, 1.807) is 12.1 Å². The molecule has 1 aromatic carbocycles. The molecule has 2 heterocycles. The summed E-state index contributed by atoms with van der Waals surface area (Å²) in [5.74, 6) is 0.596. The van der Waals surface area contributed by atoms with Crippen molar-refractivity contribution < 1.29 is 4.39 Å². The first-order valence-electron chi connectivity index (χ1n) is 5.55. The van der Waals surface area contributed by atoms with E-state index in [9.17, 15) is 4.39 Å². The molecule has 0 amide bonds. The van der Waals surface area contributed by atoms with Gasteiger partial charge in [-0.2, -0.15) is 0 Å². The number of hydrogen-bond donors (Lipinski definition) is 2. The molecule has 3 unspecified atom stereocenters. The van der Waals surface area contributed by atoms with Crippen LogP contribution in [0, 0.1) is 11.7 Å². The van der Waals surface area contributed by atoms with Crippen molar-refractivity contribution in [3.63, 3.8) is 0 Å². The molecule has 15 heavy (non-hydrogen) atoms. The quantitative estimate of drug-likeness (QED) is 0.726. The lowest BCUT2D eigenvalue weighted by atomic mass is 9.99. The zero-order chi connectivity index (χ0) is 10.3. The highest BCUT2D eigenvalue weighted by molar-refractivity contribution is 5.22. The molecule has 0 bridgehead atoms. The van der Waals surface area contributed by atoms with Crippen molar-refractivity contribution in [1.29, 1.82) is 0 Å². The molecule has 2 aliphatic heterocycles. The van der Waals surface area contributed by atoms with Crippen molar-refractivity contribution in [1.82, 2.24) is 10.6 Å². The standard InChI is InChI=1S/C12H15FN2/c13-10-3-1-8(2-4-10)11-5-9-6-14-7-12(9)15-11/h1-4,9,11-12,14-15H,5-7H2. The van der Waals surface area contributed by atoms with E-state index in [1.807, 2.05) is 12.1 Å². The minimum atomic E-state index is -0.154. The van der Waals surface area contributed by atoms with Crippen LogP contribution in [0.5, 0.6) is 0 Å². The van der Waals surface area contributed by atoms with Crippen molar-refractivity contribution in [3.8, 4) is 0 Å². The smallest absolute Gasteiger partial charge is 0.123 e. The number of fused-ring (bicyclic) bond motifs is 1. The maximum atomic E-state index is 12.8. The number of hydrogen-bond acceptors (Lipinski definition) is 2. The predicted molar refractivity (Wildman–Crippen MR) is 57.0 cm³/mol. The van der Waals surface area contributed by atoms with E-state index in [2.05, 4.69) is 10.6 Å². The molecule has 3 rings (SSSR count). The summed E-state index contributed by atoms with van der Waals surface area (Å²) in [4.78, 5) is 0. The van der Waals surface area contributed by atoms with Crippen LogP contribution in [0.2, 0.25) is 0 Å². The average Bonchev–Trinajstić information content (AvgIpc) is 2.78. The summed E-state index contributed by atoms with van der Waals surface area (Å²) >= 11 is 0. The monoisotopic (exact) mass is 206 g/mol. The second-order valence-corrected chi connectivity index (χ2v) is 4.53. The molecule has 80 valence electrons. The first-order chi connectivity index (χ1) is 7.33. The second-order valence-electron chi connectivity index (χ2n) is 4.53. The fraction of sp³-hybridized carbons (Fsp3) is 0.500. The van der Waals surface area contributed by atoms with Crippen molar-refractivity contribution in [3.05, 3.63) is 35.6 Å². The molecule has 0 saturated carbocycles. The van der Waals surface area contributed by atoms with Gasteiger partial charge in [0.2, 0.25) is 0 Å². The SMILES string of the molecule is Fc1ccc(C2CC3CNCC3N2)cc1. The Bertz CT molecular complexity index is 337. The van der Waals surface area contributed by atoms with Crippen LogP contribution in [0.3, 0.4) is 0 Å². The van der Waals surface area contributed by atoms with Gasteiger partial charge in [0, 0.05) is 18.6 Å². The summed E-state index contributed by atoms with van der Waals surface area (Å²) < 4.78 is 12.8. The van der Waals surface area contributed by atoms with Crippen LogP contribution >= 0.6 is 0 Å². The van der Waals surface area contributed by atoms with Gasteiger partial charge in [-0.25, -0.2) is 4.39 Å². The lowest BCUT2D eigenvalue weighted by molar-refractivity contribution is 0.550. The van der Waals surface area contributed by atoms with Gasteiger partial charge < -0.3 is 10.6 Å². The van der Waals surface area contributed by atoms with Gasteiger partial charge in [0.15, 0.2) is 0 Å². The lowest BCUT2D eigenvalue weighted by Gasteiger charge is -2.13. The van der Waals surface area contributed by atoms with Crippen molar-refractivity contribution in [2.24, 2.45) is 5.92 Å². The summed E-state index contributed by atoms with van der Waals surface area (Å²) in [5, 5.41) is 6.99. The molecule has 0 aromatic heterocycles. The van der Waals surface area contributed by atoms with Gasteiger partial charge in [-0.1, -0.05) is 12.1 Å². The maximum Gasteiger partial charge on any atom is 0.123 e. The Labute approximate surface area is 88.9 Å². The van der Waals surface area contributed by atoms with E-state index in [-0.39, 0.29) is 5.82 Å². The Morgan fingerprint density at radius 1 is 1.13 bits per heavy atom. The van der Waals surface area contributed by atoms with E-state index >= 15 is 0 Å². The molecule has 2 nitrogen and oxygen atoms in total. The molecule has 0 aliphatic carbocycles. The first-order valence-corrected chi connectivity index (χ1v) is 5.55. The third-order valence-corrected chi connectivity index (χ3v) is 3.57. The number of rotatable bonds is 1. The third-order valence-electron chi connectivity index (χ3n) is 3.57. The van der Waals surface area contributed by atoms with Gasteiger partial charge in [0.1, 0.15) is 5.82 Å². The van der Waals surface area contributed by atoms with Gasteiger partial charge in [-0.05, 0) is 36.6 Å².